The first-order chi connectivity index (χ1) is 22.8. The fourth-order valence-electron chi connectivity index (χ4n) is 5.25. The molecule has 244 valence electrons. The molecule has 1 aliphatic rings. The molecule has 3 atom stereocenters. The van der Waals surface area contributed by atoms with Crippen molar-refractivity contribution in [3.8, 4) is 11.1 Å². The van der Waals surface area contributed by atoms with Crippen molar-refractivity contribution in [2.45, 2.75) is 62.4 Å². The molecule has 0 saturated carbocycles. The zero-order chi connectivity index (χ0) is 33.2. The molecule has 47 heavy (non-hydrogen) atoms. The number of aromatic nitrogens is 1. The Labute approximate surface area is 276 Å². The summed E-state index contributed by atoms with van der Waals surface area (Å²) in [4.78, 5) is 38.8. The van der Waals surface area contributed by atoms with E-state index in [9.17, 15) is 24.6 Å². The van der Waals surface area contributed by atoms with Gasteiger partial charge in [-0.25, -0.2) is 9.78 Å². The first-order valence-corrected chi connectivity index (χ1v) is 16.3. The van der Waals surface area contributed by atoms with Gasteiger partial charge in [0.25, 0.3) is 0 Å². The van der Waals surface area contributed by atoms with Crippen LogP contribution in [0.5, 0.6) is 0 Å². The van der Waals surface area contributed by atoms with Gasteiger partial charge >= 0.3 is 11.9 Å². The number of aromatic carboxylic acids is 1. The summed E-state index contributed by atoms with van der Waals surface area (Å²) in [6.45, 7) is 0.291. The first kappa shape index (κ1) is 33.8. The smallest absolute Gasteiger partial charge is 0.338 e. The molecule has 1 saturated heterocycles. The Bertz CT molecular complexity index is 1680. The summed E-state index contributed by atoms with van der Waals surface area (Å²) in [6, 6.07) is 26.5. The van der Waals surface area contributed by atoms with Crippen LogP contribution < -0.4 is 5.32 Å². The van der Waals surface area contributed by atoms with E-state index in [1.165, 1.54) is 17.8 Å². The number of amides is 1. The maximum Gasteiger partial charge on any atom is 0.338 e. The Morgan fingerprint density at radius 1 is 0.851 bits per heavy atom. The van der Waals surface area contributed by atoms with Crippen LogP contribution in [-0.4, -0.2) is 50.0 Å². The highest BCUT2D eigenvalue weighted by Crippen LogP contribution is 2.40. The lowest BCUT2D eigenvalue weighted by Crippen LogP contribution is -2.31. The van der Waals surface area contributed by atoms with Crippen LogP contribution in [-0.2, 0) is 32.2 Å². The molecule has 2 heterocycles. The van der Waals surface area contributed by atoms with Gasteiger partial charge in [0.2, 0.25) is 5.91 Å². The van der Waals surface area contributed by atoms with Crippen molar-refractivity contribution in [2.75, 3.05) is 5.75 Å². The number of nitrogens with one attached hydrogen (secondary N) is 1. The molecule has 0 aliphatic carbocycles. The number of hydrogen-bond donors (Lipinski definition) is 4. The fourth-order valence-corrected chi connectivity index (χ4v) is 6.25. The molecule has 5 rings (SSSR count). The largest absolute Gasteiger partial charge is 0.481 e. The molecular weight excluding hydrogens is 620 g/mol. The normalized spacial score (nSPS) is 17.6. The van der Waals surface area contributed by atoms with Crippen molar-refractivity contribution >= 4 is 29.6 Å². The van der Waals surface area contributed by atoms with Crippen molar-refractivity contribution in [2.24, 2.45) is 0 Å². The Kier molecular flexibility index (Phi) is 11.7. The Morgan fingerprint density at radius 3 is 2.34 bits per heavy atom. The van der Waals surface area contributed by atoms with Gasteiger partial charge in [0.1, 0.15) is 5.03 Å². The number of carboxylic acid groups (broad SMARTS) is 2. The fraction of sp³-hybridized carbons (Fsp3) is 0.278. The number of carbonyl (C=O) groups excluding carboxylic acids is 1. The monoisotopic (exact) mass is 656 g/mol. The van der Waals surface area contributed by atoms with Crippen LogP contribution >= 0.6 is 11.8 Å². The summed E-state index contributed by atoms with van der Waals surface area (Å²) >= 11 is 1.34. The number of hydrogen-bond acceptors (Lipinski definition) is 8. The average Bonchev–Trinajstić information content (AvgIpc) is 3.10. The number of nitrogens with zero attached hydrogens (tertiary/aromatic N) is 1. The van der Waals surface area contributed by atoms with E-state index in [1.807, 2.05) is 72.8 Å². The molecule has 1 aliphatic heterocycles. The minimum Gasteiger partial charge on any atom is -0.481 e. The molecule has 11 heteroatoms. The van der Waals surface area contributed by atoms with E-state index in [1.54, 1.807) is 12.3 Å². The highest BCUT2D eigenvalue weighted by molar-refractivity contribution is 7.99. The van der Waals surface area contributed by atoms with E-state index in [4.69, 9.17) is 14.6 Å². The predicted molar refractivity (Wildman–Crippen MR) is 176 cm³/mol. The standard InChI is InChI=1S/C36H36N2O8S/c39-21-23-9-11-26(12-10-23)31-19-29(22-47-34-30(35(43)44)6-3-17-37-34)45-36(46-31)27-15-13-25(14-16-27)28-5-1-4-24(18-28)20-38-32(40)7-2-8-33(41)42/h1,3-6,9-18,29,31,36,39H,2,7-8,19-22H2,(H,38,40)(H,41,42)(H,43,44). The number of aliphatic carboxylic acids is 1. The summed E-state index contributed by atoms with van der Waals surface area (Å²) in [5.74, 6) is -1.66. The SMILES string of the molecule is O=C(O)CCCC(=O)NCc1cccc(-c2ccc(C3OC(CSc4ncccc4C(=O)O)CC(c4ccc(CO)cc4)O3)cc2)c1. The molecule has 3 aromatic carbocycles. The number of ether oxygens (including phenoxy) is 2. The molecular formula is C36H36N2O8S. The summed E-state index contributed by atoms with van der Waals surface area (Å²) in [5.41, 5.74) is 5.60. The number of pyridine rings is 1. The van der Waals surface area contributed by atoms with Gasteiger partial charge in [-0.15, -0.1) is 11.8 Å². The molecule has 4 N–H and O–H groups in total. The second-order valence-corrected chi connectivity index (χ2v) is 12.2. The number of rotatable bonds is 14. The van der Waals surface area contributed by atoms with E-state index in [-0.39, 0.29) is 43.1 Å². The van der Waals surface area contributed by atoms with Crippen molar-refractivity contribution < 1.29 is 39.2 Å². The molecule has 10 nitrogen and oxygen atoms in total. The zero-order valence-electron chi connectivity index (χ0n) is 25.6. The number of aliphatic hydroxyl groups excluding tert-OH is 1. The van der Waals surface area contributed by atoms with Gasteiger partial charge < -0.3 is 30.1 Å². The van der Waals surface area contributed by atoms with E-state index in [0.717, 1.165) is 33.4 Å². The van der Waals surface area contributed by atoms with Crippen LogP contribution in [0.2, 0.25) is 0 Å². The summed E-state index contributed by atoms with van der Waals surface area (Å²) in [5, 5.41) is 31.1. The molecule has 1 fully saturated rings. The van der Waals surface area contributed by atoms with Gasteiger partial charge in [-0.1, -0.05) is 66.7 Å². The maximum absolute atomic E-state index is 12.1. The van der Waals surface area contributed by atoms with Crippen LogP contribution in [0.3, 0.4) is 0 Å². The zero-order valence-corrected chi connectivity index (χ0v) is 26.4. The number of thioether (sulfide) groups is 1. The van der Waals surface area contributed by atoms with Gasteiger partial charge in [0.15, 0.2) is 6.29 Å². The van der Waals surface area contributed by atoms with Crippen LogP contribution in [0, 0.1) is 0 Å². The van der Waals surface area contributed by atoms with E-state index < -0.39 is 18.2 Å². The molecule has 1 aromatic heterocycles. The third kappa shape index (κ3) is 9.49. The molecule has 3 unspecified atom stereocenters. The molecule has 0 bridgehead atoms. The summed E-state index contributed by atoms with van der Waals surface area (Å²) in [7, 11) is 0. The van der Waals surface area contributed by atoms with E-state index >= 15 is 0 Å². The first-order valence-electron chi connectivity index (χ1n) is 15.3. The van der Waals surface area contributed by atoms with Gasteiger partial charge in [0.05, 0.1) is 24.4 Å². The molecule has 4 aromatic rings. The highest BCUT2D eigenvalue weighted by atomic mass is 32.2. The lowest BCUT2D eigenvalue weighted by molar-refractivity contribution is -0.245. The third-order valence-corrected chi connectivity index (χ3v) is 8.89. The third-order valence-electron chi connectivity index (χ3n) is 7.75. The molecule has 0 radical (unpaired) electrons. The Morgan fingerprint density at radius 2 is 1.62 bits per heavy atom. The van der Waals surface area contributed by atoms with Crippen molar-refractivity contribution in [3.63, 3.8) is 0 Å². The summed E-state index contributed by atoms with van der Waals surface area (Å²) in [6.07, 6.45) is 1.34. The molecule has 1 amide bonds. The predicted octanol–water partition coefficient (Wildman–Crippen LogP) is 6.15. The van der Waals surface area contributed by atoms with Crippen LogP contribution in [0.4, 0.5) is 0 Å². The average molecular weight is 657 g/mol. The lowest BCUT2D eigenvalue weighted by Gasteiger charge is -2.36. The number of aliphatic hydroxyl groups is 1. The number of carbonyl (C=O) groups is 3. The summed E-state index contributed by atoms with van der Waals surface area (Å²) < 4.78 is 12.9. The molecule has 0 spiro atoms. The van der Waals surface area contributed by atoms with Gasteiger partial charge in [-0.05, 0) is 52.4 Å². The van der Waals surface area contributed by atoms with E-state index in [2.05, 4.69) is 10.3 Å². The minimum atomic E-state index is -1.03. The van der Waals surface area contributed by atoms with Crippen molar-refractivity contribution in [3.05, 3.63) is 119 Å². The van der Waals surface area contributed by atoms with Crippen LogP contribution in [0.1, 0.15) is 70.7 Å². The minimum absolute atomic E-state index is 0.0351. The van der Waals surface area contributed by atoms with Crippen molar-refractivity contribution in [1.82, 2.24) is 10.3 Å². The quantitative estimate of drug-likeness (QED) is 0.116. The highest BCUT2D eigenvalue weighted by Gasteiger charge is 2.32. The van der Waals surface area contributed by atoms with E-state index in [0.29, 0.717) is 30.2 Å². The van der Waals surface area contributed by atoms with Gasteiger partial charge in [-0.3, -0.25) is 9.59 Å². The second-order valence-electron chi connectivity index (χ2n) is 11.2. The second kappa shape index (κ2) is 16.3. The lowest BCUT2D eigenvalue weighted by atomic mass is 9.99. The van der Waals surface area contributed by atoms with Gasteiger partial charge in [-0.2, -0.15) is 0 Å². The van der Waals surface area contributed by atoms with Crippen LogP contribution in [0.15, 0.2) is 96.2 Å². The number of benzene rings is 3. The maximum atomic E-state index is 12.1. The topological polar surface area (TPSA) is 155 Å². The number of carboxylic acids is 2. The van der Waals surface area contributed by atoms with Crippen molar-refractivity contribution in [1.29, 1.82) is 0 Å². The van der Waals surface area contributed by atoms with Crippen LogP contribution in [0.25, 0.3) is 11.1 Å². The Balaban J connectivity index is 1.28. The Hall–Kier alpha value is -4.55. The van der Waals surface area contributed by atoms with Gasteiger partial charge in [0, 0.05) is 43.3 Å².